The van der Waals surface area contributed by atoms with Gasteiger partial charge in [-0.05, 0) is 6.92 Å². The van der Waals surface area contributed by atoms with E-state index in [1.807, 2.05) is 0 Å². The number of ether oxygens (including phenoxy) is 3. The summed E-state index contributed by atoms with van der Waals surface area (Å²) >= 11 is 0. The first-order valence-corrected chi connectivity index (χ1v) is 4.18. The quantitative estimate of drug-likeness (QED) is 0.360. The van der Waals surface area contributed by atoms with Crippen molar-refractivity contribution in [3.8, 4) is 0 Å². The zero-order chi connectivity index (χ0) is 11.7. The van der Waals surface area contributed by atoms with E-state index in [-0.39, 0.29) is 6.61 Å². The Kier molecular flexibility index (Phi) is 6.61. The largest absolute Gasteiger partial charge is 0.466 e. The molecule has 0 rings (SSSR count). The second-order valence-electron chi connectivity index (χ2n) is 2.27. The lowest BCUT2D eigenvalue weighted by Crippen LogP contribution is -2.15. The number of carbonyl (C=O) groups is 3. The third kappa shape index (κ3) is 7.24. The summed E-state index contributed by atoms with van der Waals surface area (Å²) in [7, 11) is 1.18. The summed E-state index contributed by atoms with van der Waals surface area (Å²) in [6, 6.07) is 0. The standard InChI is InChI=1S/C9H12O6/c1-3-14-9(12)6-15-8(11)5-4-7(10)13-2/h4-5H,3,6H2,1-2H3/b5-4+. The Hall–Kier alpha value is -1.85. The number of hydrogen-bond acceptors (Lipinski definition) is 6. The van der Waals surface area contributed by atoms with E-state index in [9.17, 15) is 14.4 Å². The molecule has 0 aromatic rings. The normalized spacial score (nSPS) is 9.73. The van der Waals surface area contributed by atoms with Crippen molar-refractivity contribution in [2.24, 2.45) is 0 Å². The SMILES string of the molecule is CCOC(=O)COC(=O)/C=C/C(=O)OC. The van der Waals surface area contributed by atoms with Crippen LogP contribution >= 0.6 is 0 Å². The van der Waals surface area contributed by atoms with Crippen LogP contribution in [0.25, 0.3) is 0 Å². The highest BCUT2D eigenvalue weighted by Gasteiger charge is 2.05. The molecule has 0 bridgehead atoms. The maximum absolute atomic E-state index is 10.8. The van der Waals surface area contributed by atoms with Gasteiger partial charge in [-0.3, -0.25) is 0 Å². The average Bonchev–Trinajstić information content (AvgIpc) is 2.23. The molecule has 0 heterocycles. The molecule has 84 valence electrons. The Morgan fingerprint density at radius 3 is 2.20 bits per heavy atom. The van der Waals surface area contributed by atoms with Gasteiger partial charge in [-0.2, -0.15) is 0 Å². The van der Waals surface area contributed by atoms with Crippen molar-refractivity contribution in [2.45, 2.75) is 6.92 Å². The van der Waals surface area contributed by atoms with E-state index < -0.39 is 24.5 Å². The van der Waals surface area contributed by atoms with Gasteiger partial charge >= 0.3 is 17.9 Å². The number of rotatable bonds is 5. The highest BCUT2D eigenvalue weighted by Crippen LogP contribution is 1.86. The molecule has 15 heavy (non-hydrogen) atoms. The van der Waals surface area contributed by atoms with Gasteiger partial charge in [0.05, 0.1) is 13.7 Å². The van der Waals surface area contributed by atoms with E-state index in [2.05, 4.69) is 14.2 Å². The van der Waals surface area contributed by atoms with Crippen molar-refractivity contribution >= 4 is 17.9 Å². The Bertz CT molecular complexity index is 268. The summed E-state index contributed by atoms with van der Waals surface area (Å²) in [4.78, 5) is 32.1. The molecule has 6 nitrogen and oxygen atoms in total. The van der Waals surface area contributed by atoms with Crippen LogP contribution in [0, 0.1) is 0 Å². The van der Waals surface area contributed by atoms with Gasteiger partial charge in [-0.15, -0.1) is 0 Å². The van der Waals surface area contributed by atoms with Crippen LogP contribution in [0.1, 0.15) is 6.92 Å². The molecule has 0 aromatic heterocycles. The third-order valence-electron chi connectivity index (χ3n) is 1.19. The maximum atomic E-state index is 10.8. The predicted molar refractivity (Wildman–Crippen MR) is 48.7 cm³/mol. The van der Waals surface area contributed by atoms with Crippen LogP contribution in [0.15, 0.2) is 12.2 Å². The van der Waals surface area contributed by atoms with E-state index in [1.165, 1.54) is 7.11 Å². The second kappa shape index (κ2) is 7.54. The van der Waals surface area contributed by atoms with Crippen LogP contribution in [-0.4, -0.2) is 38.2 Å². The molecular formula is C9H12O6. The van der Waals surface area contributed by atoms with Gasteiger partial charge in [-0.25, -0.2) is 14.4 Å². The predicted octanol–water partition coefficient (Wildman–Crippen LogP) is -0.178. The van der Waals surface area contributed by atoms with Gasteiger partial charge in [0, 0.05) is 12.2 Å². The third-order valence-corrected chi connectivity index (χ3v) is 1.19. The summed E-state index contributed by atoms with van der Waals surface area (Å²) in [6.45, 7) is 1.38. The molecule has 6 heteroatoms. The number of carbonyl (C=O) groups excluding carboxylic acids is 3. The first-order chi connectivity index (χ1) is 7.10. The minimum absolute atomic E-state index is 0.217. The van der Waals surface area contributed by atoms with Crippen LogP contribution in [0.5, 0.6) is 0 Å². The molecule has 0 spiro atoms. The Labute approximate surface area is 86.8 Å². The molecule has 0 aromatic carbocycles. The van der Waals surface area contributed by atoms with Crippen LogP contribution in [0.4, 0.5) is 0 Å². The molecule has 0 aliphatic carbocycles. The van der Waals surface area contributed by atoms with E-state index in [0.29, 0.717) is 0 Å². The molecule has 0 saturated heterocycles. The van der Waals surface area contributed by atoms with Crippen molar-refractivity contribution < 1.29 is 28.6 Å². The lowest BCUT2D eigenvalue weighted by Gasteiger charge is -2.01. The number of hydrogen-bond donors (Lipinski definition) is 0. The first kappa shape index (κ1) is 13.2. The Balaban J connectivity index is 3.80. The van der Waals surface area contributed by atoms with Crippen LogP contribution in [0.2, 0.25) is 0 Å². The highest BCUT2D eigenvalue weighted by molar-refractivity contribution is 5.92. The second-order valence-corrected chi connectivity index (χ2v) is 2.27. The van der Waals surface area contributed by atoms with Crippen LogP contribution in [-0.2, 0) is 28.6 Å². The monoisotopic (exact) mass is 216 g/mol. The molecule has 0 unspecified atom stereocenters. The summed E-state index contributed by atoms with van der Waals surface area (Å²) in [6.07, 6.45) is 1.76. The van der Waals surface area contributed by atoms with Crippen molar-refractivity contribution in [3.63, 3.8) is 0 Å². The van der Waals surface area contributed by atoms with Gasteiger partial charge in [0.2, 0.25) is 0 Å². The fourth-order valence-electron chi connectivity index (χ4n) is 0.585. The van der Waals surface area contributed by atoms with Crippen molar-refractivity contribution in [2.75, 3.05) is 20.3 Å². The zero-order valence-electron chi connectivity index (χ0n) is 8.52. The van der Waals surface area contributed by atoms with Gasteiger partial charge in [0.15, 0.2) is 6.61 Å². The van der Waals surface area contributed by atoms with Gasteiger partial charge in [0.25, 0.3) is 0 Å². The Morgan fingerprint density at radius 1 is 1.07 bits per heavy atom. The van der Waals surface area contributed by atoms with E-state index in [0.717, 1.165) is 12.2 Å². The molecule has 0 amide bonds. The lowest BCUT2D eigenvalue weighted by atomic mass is 10.5. The van der Waals surface area contributed by atoms with E-state index in [1.54, 1.807) is 6.92 Å². The molecule has 0 aliphatic heterocycles. The fraction of sp³-hybridized carbons (Fsp3) is 0.444. The van der Waals surface area contributed by atoms with Crippen LogP contribution < -0.4 is 0 Å². The van der Waals surface area contributed by atoms with Crippen molar-refractivity contribution in [1.29, 1.82) is 0 Å². The van der Waals surface area contributed by atoms with Crippen molar-refractivity contribution in [1.82, 2.24) is 0 Å². The Morgan fingerprint density at radius 2 is 1.67 bits per heavy atom. The summed E-state index contributed by atoms with van der Waals surface area (Å²) < 4.78 is 13.2. The smallest absolute Gasteiger partial charge is 0.344 e. The van der Waals surface area contributed by atoms with Gasteiger partial charge in [-0.1, -0.05) is 0 Å². The molecule has 0 fully saturated rings. The molecule has 0 N–H and O–H groups in total. The molecule has 0 aliphatic rings. The summed E-state index contributed by atoms with van der Waals surface area (Å²) in [5.74, 6) is -2.13. The van der Waals surface area contributed by atoms with Gasteiger partial charge < -0.3 is 14.2 Å². The average molecular weight is 216 g/mol. The first-order valence-electron chi connectivity index (χ1n) is 4.18. The summed E-state index contributed by atoms with van der Waals surface area (Å²) in [5.41, 5.74) is 0. The van der Waals surface area contributed by atoms with E-state index >= 15 is 0 Å². The van der Waals surface area contributed by atoms with Crippen molar-refractivity contribution in [3.05, 3.63) is 12.2 Å². The topological polar surface area (TPSA) is 78.9 Å². The molecule has 0 radical (unpaired) electrons. The minimum Gasteiger partial charge on any atom is -0.466 e. The zero-order valence-corrected chi connectivity index (χ0v) is 8.52. The maximum Gasteiger partial charge on any atom is 0.344 e. The summed E-state index contributed by atoms with van der Waals surface area (Å²) in [5, 5.41) is 0. The fourth-order valence-corrected chi connectivity index (χ4v) is 0.585. The minimum atomic E-state index is -0.812. The van der Waals surface area contributed by atoms with E-state index in [4.69, 9.17) is 0 Å². The number of methoxy groups -OCH3 is 1. The highest BCUT2D eigenvalue weighted by atomic mass is 16.6. The molecular weight excluding hydrogens is 204 g/mol. The number of esters is 3. The molecule has 0 atom stereocenters. The lowest BCUT2D eigenvalue weighted by molar-refractivity contribution is -0.155. The van der Waals surface area contributed by atoms with Crippen LogP contribution in [0.3, 0.4) is 0 Å². The molecule has 0 saturated carbocycles. The van der Waals surface area contributed by atoms with Gasteiger partial charge in [0.1, 0.15) is 0 Å².